The molecule has 3 nitrogen and oxygen atoms in total. The van der Waals surface area contributed by atoms with Crippen LogP contribution in [0.5, 0.6) is 17.2 Å². The average molecular weight is 271 g/mol. The SMILES string of the molecule is CCc1ccc(Oc2c(C)cccc2CN)c(OC)c1. The highest BCUT2D eigenvalue weighted by Crippen LogP contribution is 2.35. The molecule has 0 amide bonds. The van der Waals surface area contributed by atoms with E-state index in [4.69, 9.17) is 15.2 Å². The molecule has 0 saturated heterocycles. The van der Waals surface area contributed by atoms with Crippen LogP contribution in [0, 0.1) is 6.92 Å². The second-order valence-electron chi connectivity index (χ2n) is 4.71. The van der Waals surface area contributed by atoms with Gasteiger partial charge in [0.1, 0.15) is 5.75 Å². The fraction of sp³-hybridized carbons (Fsp3) is 0.294. The molecular weight excluding hydrogens is 250 g/mol. The van der Waals surface area contributed by atoms with Crippen molar-refractivity contribution >= 4 is 0 Å². The van der Waals surface area contributed by atoms with Crippen molar-refractivity contribution in [3.8, 4) is 17.2 Å². The molecule has 0 unspecified atom stereocenters. The number of rotatable bonds is 5. The Labute approximate surface area is 120 Å². The molecule has 0 radical (unpaired) electrons. The van der Waals surface area contributed by atoms with Gasteiger partial charge in [-0.1, -0.05) is 31.2 Å². The fourth-order valence-corrected chi connectivity index (χ4v) is 2.15. The molecule has 2 rings (SSSR count). The maximum atomic E-state index is 6.05. The molecule has 0 aliphatic heterocycles. The average Bonchev–Trinajstić information content (AvgIpc) is 2.49. The van der Waals surface area contributed by atoms with E-state index < -0.39 is 0 Å². The van der Waals surface area contributed by atoms with Crippen molar-refractivity contribution in [1.29, 1.82) is 0 Å². The molecule has 2 aromatic carbocycles. The Morgan fingerprint density at radius 2 is 1.90 bits per heavy atom. The van der Waals surface area contributed by atoms with Crippen LogP contribution in [0.15, 0.2) is 36.4 Å². The molecule has 106 valence electrons. The third kappa shape index (κ3) is 2.94. The summed E-state index contributed by atoms with van der Waals surface area (Å²) in [5.74, 6) is 2.28. The minimum absolute atomic E-state index is 0.451. The van der Waals surface area contributed by atoms with Gasteiger partial charge in [-0.25, -0.2) is 0 Å². The number of nitrogens with two attached hydrogens (primary N) is 1. The van der Waals surface area contributed by atoms with Gasteiger partial charge in [0.25, 0.3) is 0 Å². The van der Waals surface area contributed by atoms with E-state index in [1.165, 1.54) is 5.56 Å². The van der Waals surface area contributed by atoms with Crippen molar-refractivity contribution in [3.05, 3.63) is 53.1 Å². The molecule has 20 heavy (non-hydrogen) atoms. The summed E-state index contributed by atoms with van der Waals surface area (Å²) in [6.45, 7) is 4.58. The van der Waals surface area contributed by atoms with E-state index in [2.05, 4.69) is 13.0 Å². The topological polar surface area (TPSA) is 44.5 Å². The van der Waals surface area contributed by atoms with Crippen LogP contribution in [0.2, 0.25) is 0 Å². The quantitative estimate of drug-likeness (QED) is 0.899. The van der Waals surface area contributed by atoms with Crippen molar-refractivity contribution in [2.45, 2.75) is 26.8 Å². The van der Waals surface area contributed by atoms with E-state index in [1.807, 2.05) is 37.3 Å². The van der Waals surface area contributed by atoms with Gasteiger partial charge in [-0.15, -0.1) is 0 Å². The van der Waals surface area contributed by atoms with Crippen molar-refractivity contribution in [2.24, 2.45) is 5.73 Å². The second kappa shape index (κ2) is 6.44. The number of ether oxygens (including phenoxy) is 2. The van der Waals surface area contributed by atoms with Gasteiger partial charge in [0.05, 0.1) is 7.11 Å². The zero-order valence-corrected chi connectivity index (χ0v) is 12.3. The van der Waals surface area contributed by atoms with E-state index in [1.54, 1.807) is 7.11 Å². The predicted molar refractivity (Wildman–Crippen MR) is 81.5 cm³/mol. The summed E-state index contributed by atoms with van der Waals surface area (Å²) in [5.41, 5.74) is 9.06. The number of methoxy groups -OCH3 is 1. The molecule has 0 aromatic heterocycles. The van der Waals surface area contributed by atoms with Crippen LogP contribution in [-0.4, -0.2) is 7.11 Å². The largest absolute Gasteiger partial charge is 0.493 e. The monoisotopic (exact) mass is 271 g/mol. The third-order valence-electron chi connectivity index (χ3n) is 3.36. The fourth-order valence-electron chi connectivity index (χ4n) is 2.15. The first-order valence-corrected chi connectivity index (χ1v) is 6.83. The number of aryl methyl sites for hydroxylation is 2. The smallest absolute Gasteiger partial charge is 0.169 e. The second-order valence-corrected chi connectivity index (χ2v) is 4.71. The first-order chi connectivity index (χ1) is 9.69. The molecule has 0 heterocycles. The lowest BCUT2D eigenvalue weighted by Crippen LogP contribution is -2.01. The Morgan fingerprint density at radius 3 is 2.55 bits per heavy atom. The lowest BCUT2D eigenvalue weighted by atomic mass is 10.1. The Hall–Kier alpha value is -2.00. The Balaban J connectivity index is 2.39. The standard InChI is InChI=1S/C17H21NO2/c1-4-13-8-9-15(16(10-13)19-3)20-17-12(2)6-5-7-14(17)11-18/h5-10H,4,11,18H2,1-3H3. The molecule has 0 fully saturated rings. The minimum atomic E-state index is 0.451. The summed E-state index contributed by atoms with van der Waals surface area (Å²) in [7, 11) is 1.66. The van der Waals surface area contributed by atoms with Crippen molar-refractivity contribution < 1.29 is 9.47 Å². The molecule has 0 saturated carbocycles. The van der Waals surface area contributed by atoms with E-state index >= 15 is 0 Å². The first-order valence-electron chi connectivity index (χ1n) is 6.83. The lowest BCUT2D eigenvalue weighted by Gasteiger charge is -2.15. The van der Waals surface area contributed by atoms with E-state index in [-0.39, 0.29) is 0 Å². The van der Waals surface area contributed by atoms with Gasteiger partial charge in [0.2, 0.25) is 0 Å². The van der Waals surface area contributed by atoms with Crippen LogP contribution in [0.3, 0.4) is 0 Å². The highest BCUT2D eigenvalue weighted by Gasteiger charge is 2.11. The van der Waals surface area contributed by atoms with Crippen LogP contribution in [-0.2, 0) is 13.0 Å². The summed E-state index contributed by atoms with van der Waals surface area (Å²) >= 11 is 0. The van der Waals surface area contributed by atoms with Crippen LogP contribution >= 0.6 is 0 Å². The molecule has 3 heteroatoms. The number of benzene rings is 2. The number of hydrogen-bond donors (Lipinski definition) is 1. The van der Waals surface area contributed by atoms with Gasteiger partial charge >= 0.3 is 0 Å². The predicted octanol–water partition coefficient (Wildman–Crippen LogP) is 3.82. The van der Waals surface area contributed by atoms with Crippen LogP contribution in [0.25, 0.3) is 0 Å². The van der Waals surface area contributed by atoms with E-state index in [9.17, 15) is 0 Å². The highest BCUT2D eigenvalue weighted by atomic mass is 16.5. The molecule has 2 N–H and O–H groups in total. The van der Waals surface area contributed by atoms with Crippen LogP contribution in [0.1, 0.15) is 23.6 Å². The number of hydrogen-bond acceptors (Lipinski definition) is 3. The zero-order valence-electron chi connectivity index (χ0n) is 12.3. The Bertz CT molecular complexity index is 594. The molecular formula is C17H21NO2. The lowest BCUT2D eigenvalue weighted by molar-refractivity contribution is 0.376. The van der Waals surface area contributed by atoms with Gasteiger partial charge in [0, 0.05) is 12.1 Å². The van der Waals surface area contributed by atoms with Gasteiger partial charge in [0.15, 0.2) is 11.5 Å². The summed E-state index contributed by atoms with van der Waals surface area (Å²) in [5, 5.41) is 0. The summed E-state index contributed by atoms with van der Waals surface area (Å²) in [4.78, 5) is 0. The summed E-state index contributed by atoms with van der Waals surface area (Å²) < 4.78 is 11.5. The maximum absolute atomic E-state index is 6.05. The molecule has 0 spiro atoms. The number of para-hydroxylation sites is 1. The van der Waals surface area contributed by atoms with Crippen LogP contribution in [0.4, 0.5) is 0 Å². The molecule has 0 atom stereocenters. The summed E-state index contributed by atoms with van der Waals surface area (Å²) in [6.07, 6.45) is 0.967. The van der Waals surface area contributed by atoms with Crippen LogP contribution < -0.4 is 15.2 Å². The third-order valence-corrected chi connectivity index (χ3v) is 3.36. The maximum Gasteiger partial charge on any atom is 0.169 e. The highest BCUT2D eigenvalue weighted by molar-refractivity contribution is 5.49. The van der Waals surface area contributed by atoms with Crippen molar-refractivity contribution in [3.63, 3.8) is 0 Å². The van der Waals surface area contributed by atoms with Crippen molar-refractivity contribution in [1.82, 2.24) is 0 Å². The molecule has 0 aliphatic carbocycles. The van der Waals surface area contributed by atoms with Crippen molar-refractivity contribution in [2.75, 3.05) is 7.11 Å². The summed E-state index contributed by atoms with van der Waals surface area (Å²) in [6, 6.07) is 12.0. The Kier molecular flexibility index (Phi) is 4.64. The molecule has 2 aromatic rings. The van der Waals surface area contributed by atoms with Gasteiger partial charge in [-0.05, 0) is 36.6 Å². The van der Waals surface area contributed by atoms with E-state index in [0.29, 0.717) is 12.3 Å². The normalized spacial score (nSPS) is 10.4. The minimum Gasteiger partial charge on any atom is -0.493 e. The van der Waals surface area contributed by atoms with Gasteiger partial charge < -0.3 is 15.2 Å². The first kappa shape index (κ1) is 14.4. The molecule has 0 aliphatic rings. The van der Waals surface area contributed by atoms with E-state index in [0.717, 1.165) is 29.0 Å². The van der Waals surface area contributed by atoms with Gasteiger partial charge in [-0.3, -0.25) is 0 Å². The Morgan fingerprint density at radius 1 is 1.10 bits per heavy atom. The van der Waals surface area contributed by atoms with Gasteiger partial charge in [-0.2, -0.15) is 0 Å². The zero-order chi connectivity index (χ0) is 14.5. The molecule has 0 bridgehead atoms.